The van der Waals surface area contributed by atoms with E-state index in [-0.39, 0.29) is 4.90 Å². The fourth-order valence-corrected chi connectivity index (χ4v) is 3.51. The van der Waals surface area contributed by atoms with Crippen molar-refractivity contribution in [1.29, 1.82) is 0 Å². The highest BCUT2D eigenvalue weighted by atomic mass is 32.2. The Balaban J connectivity index is 2.08. The fourth-order valence-electron chi connectivity index (χ4n) is 2.07. The molecule has 0 aliphatic carbocycles. The molecule has 1 unspecified atom stereocenters. The molecule has 0 radical (unpaired) electrons. The van der Waals surface area contributed by atoms with E-state index in [1.54, 1.807) is 6.07 Å². The maximum atomic E-state index is 12.3. The molecule has 0 bridgehead atoms. The number of nitrogens with one attached hydrogen (secondary N) is 3. The van der Waals surface area contributed by atoms with Crippen molar-refractivity contribution in [3.05, 3.63) is 18.0 Å². The molecule has 2 heterocycles. The van der Waals surface area contributed by atoms with Gasteiger partial charge in [-0.15, -0.1) is 0 Å². The Labute approximate surface area is 114 Å². The second-order valence-corrected chi connectivity index (χ2v) is 6.79. The number of H-pyrrole nitrogens is 1. The molecule has 7 heteroatoms. The Morgan fingerprint density at radius 1 is 1.53 bits per heavy atom. The minimum absolute atomic E-state index is 0.272. The summed E-state index contributed by atoms with van der Waals surface area (Å²) in [6, 6.07) is 1.66. The smallest absolute Gasteiger partial charge is 0.242 e. The van der Waals surface area contributed by atoms with Crippen LogP contribution < -0.4 is 10.0 Å². The number of ether oxygens (including phenoxy) is 1. The summed E-state index contributed by atoms with van der Waals surface area (Å²) in [4.78, 5) is 3.24. The molecule has 108 valence electrons. The lowest BCUT2D eigenvalue weighted by Gasteiger charge is -2.22. The van der Waals surface area contributed by atoms with Crippen LogP contribution in [0, 0.1) is 0 Å². The number of rotatable bonds is 6. The molecule has 1 saturated heterocycles. The summed E-state index contributed by atoms with van der Waals surface area (Å²) < 4.78 is 32.5. The van der Waals surface area contributed by atoms with Crippen LogP contribution in [0.3, 0.4) is 0 Å². The second kappa shape index (κ2) is 5.62. The van der Waals surface area contributed by atoms with Crippen LogP contribution in [0.4, 0.5) is 0 Å². The van der Waals surface area contributed by atoms with Crippen molar-refractivity contribution in [1.82, 2.24) is 15.0 Å². The minimum atomic E-state index is -3.50. The average molecular weight is 287 g/mol. The maximum absolute atomic E-state index is 12.3. The zero-order valence-electron chi connectivity index (χ0n) is 11.3. The summed E-state index contributed by atoms with van der Waals surface area (Å²) >= 11 is 0. The molecule has 2 rings (SSSR count). The normalized spacial score (nSPS) is 23.9. The summed E-state index contributed by atoms with van der Waals surface area (Å²) in [5.74, 6) is 0. The number of hydrogen-bond donors (Lipinski definition) is 3. The molecular formula is C12H21N3O3S. The van der Waals surface area contributed by atoms with Gasteiger partial charge in [-0.2, -0.15) is 0 Å². The second-order valence-electron chi connectivity index (χ2n) is 5.11. The Morgan fingerprint density at radius 3 is 2.95 bits per heavy atom. The third-order valence-electron chi connectivity index (χ3n) is 3.19. The van der Waals surface area contributed by atoms with Gasteiger partial charge in [0.25, 0.3) is 0 Å². The van der Waals surface area contributed by atoms with Crippen LogP contribution >= 0.6 is 0 Å². The molecule has 0 saturated carbocycles. The van der Waals surface area contributed by atoms with Crippen LogP contribution in [0.25, 0.3) is 0 Å². The summed E-state index contributed by atoms with van der Waals surface area (Å²) in [5, 5.41) is 3.14. The molecule has 1 atom stereocenters. The molecule has 0 aromatic carbocycles. The zero-order chi connectivity index (χ0) is 13.9. The lowest BCUT2D eigenvalue weighted by atomic mass is 10.0. The first kappa shape index (κ1) is 14.5. The standard InChI is InChI=1S/C12H21N3O3S/c1-3-13-7-10-6-11(8-14-10)19(16,17)15-12(2)4-5-18-9-12/h6,8,13-15H,3-5,7,9H2,1-2H3. The van der Waals surface area contributed by atoms with Gasteiger partial charge in [-0.1, -0.05) is 6.92 Å². The lowest BCUT2D eigenvalue weighted by molar-refractivity contribution is 0.178. The fraction of sp³-hybridized carbons (Fsp3) is 0.667. The predicted octanol–water partition coefficient (Wildman–Crippen LogP) is 0.582. The largest absolute Gasteiger partial charge is 0.379 e. The average Bonchev–Trinajstić information content (AvgIpc) is 2.95. The van der Waals surface area contributed by atoms with E-state index in [9.17, 15) is 8.42 Å². The maximum Gasteiger partial charge on any atom is 0.242 e. The minimum Gasteiger partial charge on any atom is -0.379 e. The highest BCUT2D eigenvalue weighted by Crippen LogP contribution is 2.21. The monoisotopic (exact) mass is 287 g/mol. The highest BCUT2D eigenvalue weighted by molar-refractivity contribution is 7.89. The molecule has 1 fully saturated rings. The Kier molecular flexibility index (Phi) is 4.29. The Hall–Kier alpha value is -0.890. The Bertz CT molecular complexity index is 518. The third kappa shape index (κ3) is 3.56. The summed E-state index contributed by atoms with van der Waals surface area (Å²) in [6.07, 6.45) is 2.22. The molecule has 0 spiro atoms. The van der Waals surface area contributed by atoms with Gasteiger partial charge in [0.2, 0.25) is 10.0 Å². The van der Waals surface area contributed by atoms with Crippen LogP contribution in [0.15, 0.2) is 17.2 Å². The van der Waals surface area contributed by atoms with Gasteiger partial charge in [-0.05, 0) is 26.0 Å². The molecule has 3 N–H and O–H groups in total. The van der Waals surface area contributed by atoms with Gasteiger partial charge >= 0.3 is 0 Å². The number of aromatic amines is 1. The predicted molar refractivity (Wildman–Crippen MR) is 72.3 cm³/mol. The van der Waals surface area contributed by atoms with Crippen molar-refractivity contribution in [3.63, 3.8) is 0 Å². The van der Waals surface area contributed by atoms with Crippen LogP contribution in [0.1, 0.15) is 26.0 Å². The van der Waals surface area contributed by atoms with Gasteiger partial charge in [-0.25, -0.2) is 13.1 Å². The molecule has 6 nitrogen and oxygen atoms in total. The van der Waals surface area contributed by atoms with E-state index in [4.69, 9.17) is 4.74 Å². The van der Waals surface area contributed by atoms with E-state index in [0.717, 1.165) is 12.2 Å². The van der Waals surface area contributed by atoms with Gasteiger partial charge in [0, 0.05) is 25.0 Å². The molecule has 1 aliphatic heterocycles. The third-order valence-corrected chi connectivity index (χ3v) is 4.81. The van der Waals surface area contributed by atoms with Crippen LogP contribution in [-0.2, 0) is 21.3 Å². The molecule has 19 heavy (non-hydrogen) atoms. The van der Waals surface area contributed by atoms with E-state index in [1.165, 1.54) is 6.20 Å². The van der Waals surface area contributed by atoms with E-state index >= 15 is 0 Å². The van der Waals surface area contributed by atoms with Gasteiger partial charge in [0.05, 0.1) is 17.0 Å². The van der Waals surface area contributed by atoms with Crippen molar-refractivity contribution in [2.75, 3.05) is 19.8 Å². The van der Waals surface area contributed by atoms with Gasteiger partial charge in [-0.3, -0.25) is 0 Å². The summed E-state index contributed by atoms with van der Waals surface area (Å²) in [6.45, 7) is 6.35. The SMILES string of the molecule is CCNCc1cc(S(=O)(=O)NC2(C)CCOC2)c[nH]1. The van der Waals surface area contributed by atoms with E-state index in [2.05, 4.69) is 15.0 Å². The summed E-state index contributed by atoms with van der Waals surface area (Å²) in [7, 11) is -3.50. The van der Waals surface area contributed by atoms with Crippen molar-refractivity contribution in [3.8, 4) is 0 Å². The topological polar surface area (TPSA) is 83.2 Å². The summed E-state index contributed by atoms with van der Waals surface area (Å²) in [5.41, 5.74) is 0.354. The highest BCUT2D eigenvalue weighted by Gasteiger charge is 2.34. The van der Waals surface area contributed by atoms with Crippen LogP contribution in [-0.4, -0.2) is 38.7 Å². The van der Waals surface area contributed by atoms with E-state index in [1.807, 2.05) is 13.8 Å². The Morgan fingerprint density at radius 2 is 2.32 bits per heavy atom. The first-order valence-corrected chi connectivity index (χ1v) is 7.93. The van der Waals surface area contributed by atoms with Crippen molar-refractivity contribution >= 4 is 10.0 Å². The lowest BCUT2D eigenvalue weighted by Crippen LogP contribution is -2.46. The van der Waals surface area contributed by atoms with Crippen molar-refractivity contribution in [2.45, 2.75) is 37.2 Å². The molecule has 1 aliphatic rings. The number of sulfonamides is 1. The molecule has 0 amide bonds. The van der Waals surface area contributed by atoms with Gasteiger partial charge in [0.15, 0.2) is 0 Å². The molecular weight excluding hydrogens is 266 g/mol. The number of aromatic nitrogens is 1. The van der Waals surface area contributed by atoms with Crippen molar-refractivity contribution < 1.29 is 13.2 Å². The molecule has 1 aromatic rings. The van der Waals surface area contributed by atoms with E-state index in [0.29, 0.717) is 26.2 Å². The first-order valence-electron chi connectivity index (χ1n) is 6.45. The van der Waals surface area contributed by atoms with Crippen LogP contribution in [0.2, 0.25) is 0 Å². The van der Waals surface area contributed by atoms with Gasteiger partial charge in [0.1, 0.15) is 0 Å². The molecule has 1 aromatic heterocycles. The number of hydrogen-bond acceptors (Lipinski definition) is 4. The quantitative estimate of drug-likeness (QED) is 0.715. The zero-order valence-corrected chi connectivity index (χ0v) is 12.1. The van der Waals surface area contributed by atoms with Gasteiger partial charge < -0.3 is 15.0 Å². The first-order chi connectivity index (χ1) is 8.95. The van der Waals surface area contributed by atoms with E-state index < -0.39 is 15.6 Å². The van der Waals surface area contributed by atoms with Crippen molar-refractivity contribution in [2.24, 2.45) is 0 Å². The van der Waals surface area contributed by atoms with Crippen LogP contribution in [0.5, 0.6) is 0 Å².